The Kier molecular flexibility index (Phi) is 4.18. The smallest absolute Gasteiger partial charge is 0.325 e. The zero-order chi connectivity index (χ0) is 18.0. The van der Waals surface area contributed by atoms with E-state index in [1.807, 2.05) is 0 Å². The summed E-state index contributed by atoms with van der Waals surface area (Å²) in [5.74, 6) is -1.57. The molecule has 2 N–H and O–H groups in total. The van der Waals surface area contributed by atoms with E-state index in [0.29, 0.717) is 11.4 Å². The first kappa shape index (κ1) is 16.6. The Labute approximate surface area is 142 Å². The minimum Gasteiger partial charge on any atom is -0.325 e. The molecule has 4 amide bonds. The minimum absolute atomic E-state index is 0.367. The predicted octanol–water partition coefficient (Wildman–Crippen LogP) is 1.63. The van der Waals surface area contributed by atoms with Gasteiger partial charge < -0.3 is 10.6 Å². The number of halogens is 1. The Morgan fingerprint density at radius 2 is 1.96 bits per heavy atom. The van der Waals surface area contributed by atoms with Gasteiger partial charge in [0.25, 0.3) is 5.91 Å². The van der Waals surface area contributed by atoms with Gasteiger partial charge in [-0.25, -0.2) is 9.18 Å². The third-order valence-corrected chi connectivity index (χ3v) is 3.88. The SMILES string of the molecule is CC1(c2ccccn2)NC(=O)N(CC(=O)Nc2ccc(F)cc2)C1=O. The molecule has 1 unspecified atom stereocenters. The van der Waals surface area contributed by atoms with Crippen LogP contribution in [0, 0.1) is 5.82 Å². The standard InChI is InChI=1S/C17H15FN4O3/c1-17(13-4-2-3-9-19-13)15(24)22(16(25)21-17)10-14(23)20-12-7-5-11(18)6-8-12/h2-9H,10H2,1H3,(H,20,23)(H,21,25). The molecule has 1 saturated heterocycles. The number of nitrogens with one attached hydrogen (secondary N) is 2. The number of hydrogen-bond donors (Lipinski definition) is 2. The molecule has 1 fully saturated rings. The van der Waals surface area contributed by atoms with Gasteiger partial charge in [0.1, 0.15) is 12.4 Å². The first-order chi connectivity index (χ1) is 11.9. The van der Waals surface area contributed by atoms with Crippen LogP contribution in [0.4, 0.5) is 14.9 Å². The number of nitrogens with zero attached hydrogens (tertiary/aromatic N) is 2. The van der Waals surface area contributed by atoms with E-state index >= 15 is 0 Å². The van der Waals surface area contributed by atoms with E-state index in [1.165, 1.54) is 37.4 Å². The van der Waals surface area contributed by atoms with Gasteiger partial charge in [-0.15, -0.1) is 0 Å². The van der Waals surface area contributed by atoms with Crippen LogP contribution in [0.5, 0.6) is 0 Å². The number of carbonyl (C=O) groups is 3. The zero-order valence-corrected chi connectivity index (χ0v) is 13.3. The summed E-state index contributed by atoms with van der Waals surface area (Å²) in [6.45, 7) is 1.08. The van der Waals surface area contributed by atoms with E-state index in [9.17, 15) is 18.8 Å². The van der Waals surface area contributed by atoms with Crippen molar-refractivity contribution in [1.29, 1.82) is 0 Å². The van der Waals surface area contributed by atoms with Gasteiger partial charge >= 0.3 is 6.03 Å². The van der Waals surface area contributed by atoms with Gasteiger partial charge in [0.2, 0.25) is 5.91 Å². The largest absolute Gasteiger partial charge is 0.325 e. The van der Waals surface area contributed by atoms with Crippen LogP contribution >= 0.6 is 0 Å². The quantitative estimate of drug-likeness (QED) is 0.826. The number of anilines is 1. The number of hydrogen-bond acceptors (Lipinski definition) is 4. The van der Waals surface area contributed by atoms with Crippen LogP contribution in [0.2, 0.25) is 0 Å². The number of pyridine rings is 1. The highest BCUT2D eigenvalue weighted by molar-refractivity contribution is 6.10. The highest BCUT2D eigenvalue weighted by Gasteiger charge is 2.50. The first-order valence-electron chi connectivity index (χ1n) is 7.51. The zero-order valence-electron chi connectivity index (χ0n) is 13.3. The van der Waals surface area contributed by atoms with E-state index in [-0.39, 0.29) is 0 Å². The minimum atomic E-state index is -1.32. The van der Waals surface area contributed by atoms with Crippen LogP contribution in [0.15, 0.2) is 48.7 Å². The Morgan fingerprint density at radius 3 is 2.60 bits per heavy atom. The molecule has 1 atom stereocenters. The van der Waals surface area contributed by atoms with Crippen molar-refractivity contribution >= 4 is 23.5 Å². The average molecular weight is 342 g/mol. The molecule has 0 radical (unpaired) electrons. The van der Waals surface area contributed by atoms with Gasteiger partial charge in [-0.1, -0.05) is 6.07 Å². The van der Waals surface area contributed by atoms with Crippen LogP contribution in [0.3, 0.4) is 0 Å². The summed E-state index contributed by atoms with van der Waals surface area (Å²) in [6.07, 6.45) is 1.52. The monoisotopic (exact) mass is 342 g/mol. The maximum atomic E-state index is 12.9. The van der Waals surface area contributed by atoms with Crippen molar-refractivity contribution < 1.29 is 18.8 Å². The van der Waals surface area contributed by atoms with Gasteiger partial charge in [-0.05, 0) is 43.3 Å². The van der Waals surface area contributed by atoms with Crippen molar-refractivity contribution in [3.8, 4) is 0 Å². The van der Waals surface area contributed by atoms with E-state index in [0.717, 1.165) is 4.90 Å². The van der Waals surface area contributed by atoms with Gasteiger partial charge in [0.05, 0.1) is 5.69 Å². The molecule has 2 heterocycles. The predicted molar refractivity (Wildman–Crippen MR) is 86.9 cm³/mol. The van der Waals surface area contributed by atoms with Crippen LogP contribution in [0.1, 0.15) is 12.6 Å². The summed E-state index contributed by atoms with van der Waals surface area (Å²) < 4.78 is 12.9. The van der Waals surface area contributed by atoms with E-state index in [4.69, 9.17) is 0 Å². The molecule has 128 valence electrons. The van der Waals surface area contributed by atoms with Crippen molar-refractivity contribution in [1.82, 2.24) is 15.2 Å². The average Bonchev–Trinajstić information content (AvgIpc) is 2.82. The van der Waals surface area contributed by atoms with E-state index in [1.54, 1.807) is 18.2 Å². The van der Waals surface area contributed by atoms with Crippen LogP contribution in [0.25, 0.3) is 0 Å². The summed E-state index contributed by atoms with van der Waals surface area (Å²) in [7, 11) is 0. The summed E-state index contributed by atoms with van der Waals surface area (Å²) >= 11 is 0. The van der Waals surface area contributed by atoms with E-state index in [2.05, 4.69) is 15.6 Å². The molecule has 3 rings (SSSR count). The Balaban J connectivity index is 1.72. The van der Waals surface area contributed by atoms with Crippen molar-refractivity contribution in [3.63, 3.8) is 0 Å². The molecule has 0 aliphatic carbocycles. The molecular weight excluding hydrogens is 327 g/mol. The molecule has 0 bridgehead atoms. The molecule has 1 aromatic heterocycles. The van der Waals surface area contributed by atoms with Crippen molar-refractivity contribution in [2.75, 3.05) is 11.9 Å². The number of imide groups is 1. The lowest BCUT2D eigenvalue weighted by Gasteiger charge is -2.20. The molecule has 25 heavy (non-hydrogen) atoms. The van der Waals surface area contributed by atoms with E-state index < -0.39 is 35.7 Å². The van der Waals surface area contributed by atoms with Gasteiger partial charge in [-0.2, -0.15) is 0 Å². The topological polar surface area (TPSA) is 91.4 Å². The summed E-state index contributed by atoms with van der Waals surface area (Å²) in [4.78, 5) is 41.8. The molecule has 0 saturated carbocycles. The van der Waals surface area contributed by atoms with Gasteiger partial charge in [-0.3, -0.25) is 19.5 Å². The van der Waals surface area contributed by atoms with Crippen LogP contribution < -0.4 is 10.6 Å². The summed E-state index contributed by atoms with van der Waals surface area (Å²) in [5.41, 5.74) is -0.574. The van der Waals surface area contributed by atoms with Crippen molar-refractivity contribution in [3.05, 3.63) is 60.2 Å². The molecule has 8 heteroatoms. The first-order valence-corrected chi connectivity index (χ1v) is 7.51. The fourth-order valence-electron chi connectivity index (χ4n) is 2.55. The normalized spacial score (nSPS) is 19.7. The van der Waals surface area contributed by atoms with Gasteiger partial charge in [0, 0.05) is 11.9 Å². The third kappa shape index (κ3) is 3.18. The lowest BCUT2D eigenvalue weighted by atomic mass is 9.97. The molecule has 0 spiro atoms. The molecule has 7 nitrogen and oxygen atoms in total. The Hall–Kier alpha value is -3.29. The lowest BCUT2D eigenvalue weighted by Crippen LogP contribution is -2.42. The fraction of sp³-hybridized carbons (Fsp3) is 0.176. The van der Waals surface area contributed by atoms with Crippen molar-refractivity contribution in [2.24, 2.45) is 0 Å². The second kappa shape index (κ2) is 6.31. The number of carbonyl (C=O) groups excluding carboxylic acids is 3. The Bertz CT molecular complexity index is 826. The summed E-state index contributed by atoms with van der Waals surface area (Å²) in [6, 6.07) is 9.52. The molecule has 1 aliphatic rings. The van der Waals surface area contributed by atoms with Crippen LogP contribution in [-0.4, -0.2) is 34.3 Å². The maximum absolute atomic E-state index is 12.9. The summed E-state index contributed by atoms with van der Waals surface area (Å²) in [5, 5.41) is 5.08. The molecular formula is C17H15FN4O3. The molecule has 1 aromatic carbocycles. The molecule has 2 aromatic rings. The molecule has 1 aliphatic heterocycles. The maximum Gasteiger partial charge on any atom is 0.325 e. The Morgan fingerprint density at radius 1 is 1.24 bits per heavy atom. The highest BCUT2D eigenvalue weighted by atomic mass is 19.1. The number of benzene rings is 1. The number of rotatable bonds is 4. The lowest BCUT2D eigenvalue weighted by molar-refractivity contribution is -0.133. The third-order valence-electron chi connectivity index (χ3n) is 3.88. The second-order valence-electron chi connectivity index (χ2n) is 5.72. The second-order valence-corrected chi connectivity index (χ2v) is 5.72. The fourth-order valence-corrected chi connectivity index (χ4v) is 2.55. The van der Waals surface area contributed by atoms with Crippen LogP contribution in [-0.2, 0) is 15.1 Å². The number of amides is 4. The number of urea groups is 1. The van der Waals surface area contributed by atoms with Crippen molar-refractivity contribution in [2.45, 2.75) is 12.5 Å². The highest BCUT2D eigenvalue weighted by Crippen LogP contribution is 2.27. The number of aromatic nitrogens is 1. The van der Waals surface area contributed by atoms with Gasteiger partial charge in [0.15, 0.2) is 5.54 Å².